The van der Waals surface area contributed by atoms with E-state index >= 15 is 0 Å². The smallest absolute Gasteiger partial charge is 0.195 e. The summed E-state index contributed by atoms with van der Waals surface area (Å²) in [5, 5.41) is 21.8. The lowest BCUT2D eigenvalue weighted by Gasteiger charge is -2.13. The van der Waals surface area contributed by atoms with Crippen molar-refractivity contribution in [1.29, 1.82) is 0 Å². The molecule has 5 nitrogen and oxygen atoms in total. The molecular weight excluding hydrogens is 421 g/mol. The van der Waals surface area contributed by atoms with Gasteiger partial charge in [-0.25, -0.2) is 4.39 Å². The summed E-state index contributed by atoms with van der Waals surface area (Å²) in [7, 11) is 0. The molecule has 1 unspecified atom stereocenters. The Bertz CT molecular complexity index is 1050. The lowest BCUT2D eigenvalue weighted by Crippen LogP contribution is -2.20. The number of hydrogen-bond donors (Lipinski definition) is 1. The van der Waals surface area contributed by atoms with E-state index in [1.807, 2.05) is 46.3 Å². The predicted octanol–water partition coefficient (Wildman–Crippen LogP) is 4.59. The highest BCUT2D eigenvalue weighted by molar-refractivity contribution is 7.99. The molecule has 154 valence electrons. The monoisotopic (exact) mass is 441 g/mol. The molecule has 0 saturated carbocycles. The highest BCUT2D eigenvalue weighted by Crippen LogP contribution is 2.25. The zero-order chi connectivity index (χ0) is 20.8. The fourth-order valence-electron chi connectivity index (χ4n) is 2.86. The van der Waals surface area contributed by atoms with Crippen LogP contribution in [-0.2, 0) is 6.42 Å². The molecule has 0 bridgehead atoms. The van der Waals surface area contributed by atoms with Gasteiger partial charge in [-0.2, -0.15) is 0 Å². The van der Waals surface area contributed by atoms with Gasteiger partial charge in [0.1, 0.15) is 24.0 Å². The number of aromatic nitrogens is 3. The van der Waals surface area contributed by atoms with Gasteiger partial charge in [-0.15, -0.1) is 21.5 Å². The summed E-state index contributed by atoms with van der Waals surface area (Å²) in [4.78, 5) is 1.21. The van der Waals surface area contributed by atoms with E-state index in [0.29, 0.717) is 23.1 Å². The average Bonchev–Trinajstić information content (AvgIpc) is 3.43. The minimum Gasteiger partial charge on any atom is -0.491 e. The van der Waals surface area contributed by atoms with E-state index in [4.69, 9.17) is 4.74 Å². The molecule has 4 rings (SSSR count). The Morgan fingerprint density at radius 1 is 1.03 bits per heavy atom. The Hall–Kier alpha value is -2.68. The van der Waals surface area contributed by atoms with E-state index in [0.717, 1.165) is 11.5 Å². The average molecular weight is 442 g/mol. The number of hydrogen-bond acceptors (Lipinski definition) is 6. The maximum atomic E-state index is 13.0. The molecule has 1 N–H and O–H groups in total. The van der Waals surface area contributed by atoms with Crippen molar-refractivity contribution in [2.45, 2.75) is 17.7 Å². The number of aliphatic hydroxyl groups excluding tert-OH is 1. The van der Waals surface area contributed by atoms with E-state index in [1.54, 1.807) is 11.3 Å². The Kier molecular flexibility index (Phi) is 6.78. The van der Waals surface area contributed by atoms with E-state index in [-0.39, 0.29) is 12.4 Å². The lowest BCUT2D eigenvalue weighted by molar-refractivity contribution is 0.126. The molecule has 2 heterocycles. The molecule has 4 aromatic rings. The van der Waals surface area contributed by atoms with Gasteiger partial charge in [0.15, 0.2) is 5.16 Å². The number of ether oxygens (including phenoxy) is 1. The van der Waals surface area contributed by atoms with Crippen molar-refractivity contribution in [3.05, 3.63) is 88.6 Å². The summed E-state index contributed by atoms with van der Waals surface area (Å²) >= 11 is 3.11. The van der Waals surface area contributed by atoms with Crippen LogP contribution in [0.1, 0.15) is 10.7 Å². The summed E-state index contributed by atoms with van der Waals surface area (Å²) < 4.78 is 20.5. The van der Waals surface area contributed by atoms with Crippen LogP contribution in [0.5, 0.6) is 5.75 Å². The first-order valence-electron chi connectivity index (χ1n) is 9.40. The quantitative estimate of drug-likeness (QED) is 0.385. The number of para-hydroxylation sites is 1. The predicted molar refractivity (Wildman–Crippen MR) is 117 cm³/mol. The Balaban J connectivity index is 1.44. The molecule has 2 aromatic heterocycles. The number of halogens is 1. The Labute approximate surface area is 182 Å². The molecule has 8 heteroatoms. The highest BCUT2D eigenvalue weighted by Gasteiger charge is 2.17. The molecule has 0 aliphatic carbocycles. The van der Waals surface area contributed by atoms with Gasteiger partial charge in [0.2, 0.25) is 0 Å². The molecule has 0 aliphatic rings. The molecule has 30 heavy (non-hydrogen) atoms. The van der Waals surface area contributed by atoms with Gasteiger partial charge < -0.3 is 9.84 Å². The normalized spacial score (nSPS) is 12.1. The minimum absolute atomic E-state index is 0.111. The SMILES string of the molecule is OC(COc1ccc(F)cc1)CSc1nnc(Cc2cccs2)n1-c1ccccc1. The third-order valence-corrected chi connectivity index (χ3v) is 6.24. The summed E-state index contributed by atoms with van der Waals surface area (Å²) in [5.41, 5.74) is 0.980. The van der Waals surface area contributed by atoms with Crippen LogP contribution in [0.3, 0.4) is 0 Å². The van der Waals surface area contributed by atoms with Gasteiger partial charge in [0, 0.05) is 22.7 Å². The summed E-state index contributed by atoms with van der Waals surface area (Å²) in [6.45, 7) is 0.111. The zero-order valence-corrected chi connectivity index (χ0v) is 17.7. The third kappa shape index (κ3) is 5.27. The highest BCUT2D eigenvalue weighted by atomic mass is 32.2. The van der Waals surface area contributed by atoms with E-state index < -0.39 is 6.10 Å². The van der Waals surface area contributed by atoms with Crippen LogP contribution in [0.4, 0.5) is 4.39 Å². The third-order valence-electron chi connectivity index (χ3n) is 4.29. The maximum absolute atomic E-state index is 13.0. The van der Waals surface area contributed by atoms with E-state index in [1.165, 1.54) is 40.9 Å². The molecule has 0 aliphatic heterocycles. The first-order chi connectivity index (χ1) is 14.7. The fraction of sp³-hybridized carbons (Fsp3) is 0.182. The van der Waals surface area contributed by atoms with E-state index in [9.17, 15) is 9.50 Å². The van der Waals surface area contributed by atoms with Crippen molar-refractivity contribution < 1.29 is 14.2 Å². The number of aliphatic hydroxyl groups is 1. The zero-order valence-electron chi connectivity index (χ0n) is 16.0. The van der Waals surface area contributed by atoms with Crippen LogP contribution in [0, 0.1) is 5.82 Å². The second-order valence-electron chi connectivity index (χ2n) is 6.56. The van der Waals surface area contributed by atoms with Crippen LogP contribution in [0.15, 0.2) is 77.3 Å². The second kappa shape index (κ2) is 9.88. The van der Waals surface area contributed by atoms with E-state index in [2.05, 4.69) is 16.3 Å². The van der Waals surface area contributed by atoms with Gasteiger partial charge in [-0.1, -0.05) is 36.0 Å². The second-order valence-corrected chi connectivity index (χ2v) is 8.58. The molecule has 0 amide bonds. The van der Waals surface area contributed by atoms with Crippen LogP contribution in [-0.4, -0.2) is 38.3 Å². The first kappa shape index (κ1) is 20.6. The number of benzene rings is 2. The number of thiophene rings is 1. The van der Waals surface area contributed by atoms with Crippen molar-refractivity contribution >= 4 is 23.1 Å². The van der Waals surface area contributed by atoms with Gasteiger partial charge in [-0.3, -0.25) is 4.57 Å². The van der Waals surface area contributed by atoms with Gasteiger partial charge in [0.05, 0.1) is 6.10 Å². The van der Waals surface area contributed by atoms with Crippen LogP contribution in [0.2, 0.25) is 0 Å². The molecule has 1 atom stereocenters. The standard InChI is InChI=1S/C22H20FN3O2S2/c23-16-8-10-19(11-9-16)28-14-18(27)15-30-22-25-24-21(13-20-7-4-12-29-20)26(22)17-5-2-1-3-6-17/h1-12,18,27H,13-15H2. The topological polar surface area (TPSA) is 60.2 Å². The molecule has 0 saturated heterocycles. The minimum atomic E-state index is -0.707. The van der Waals surface area contributed by atoms with Crippen molar-refractivity contribution in [2.75, 3.05) is 12.4 Å². The largest absolute Gasteiger partial charge is 0.491 e. The van der Waals surface area contributed by atoms with Gasteiger partial charge in [-0.05, 0) is 47.8 Å². The summed E-state index contributed by atoms with van der Waals surface area (Å²) in [6, 6.07) is 19.8. The number of nitrogens with zero attached hydrogens (tertiary/aromatic N) is 3. The van der Waals surface area contributed by atoms with Crippen LogP contribution in [0.25, 0.3) is 5.69 Å². The van der Waals surface area contributed by atoms with Gasteiger partial charge >= 0.3 is 0 Å². The molecular formula is C22H20FN3O2S2. The van der Waals surface area contributed by atoms with Crippen LogP contribution < -0.4 is 4.74 Å². The molecule has 2 aromatic carbocycles. The Morgan fingerprint density at radius 2 is 1.83 bits per heavy atom. The van der Waals surface area contributed by atoms with Crippen molar-refractivity contribution in [1.82, 2.24) is 14.8 Å². The number of thioether (sulfide) groups is 1. The summed E-state index contributed by atoms with van der Waals surface area (Å²) in [6.07, 6.45) is -0.0159. The fourth-order valence-corrected chi connectivity index (χ4v) is 4.43. The lowest BCUT2D eigenvalue weighted by atomic mass is 10.3. The number of rotatable bonds is 9. The maximum Gasteiger partial charge on any atom is 0.195 e. The van der Waals surface area contributed by atoms with Crippen LogP contribution >= 0.6 is 23.1 Å². The molecule has 0 fully saturated rings. The first-order valence-corrected chi connectivity index (χ1v) is 11.3. The molecule has 0 spiro atoms. The Morgan fingerprint density at radius 3 is 2.57 bits per heavy atom. The van der Waals surface area contributed by atoms with Crippen molar-refractivity contribution in [3.63, 3.8) is 0 Å². The van der Waals surface area contributed by atoms with Crippen molar-refractivity contribution in [3.8, 4) is 11.4 Å². The molecule has 0 radical (unpaired) electrons. The van der Waals surface area contributed by atoms with Crippen molar-refractivity contribution in [2.24, 2.45) is 0 Å². The summed E-state index contributed by atoms with van der Waals surface area (Å²) in [5.74, 6) is 1.44. The van der Waals surface area contributed by atoms with Gasteiger partial charge in [0.25, 0.3) is 0 Å².